The molecular formula is C30H44F2N6O16S. The van der Waals surface area contributed by atoms with Crippen molar-refractivity contribution in [2.24, 2.45) is 0 Å². The summed E-state index contributed by atoms with van der Waals surface area (Å²) >= 11 is 1.18. The molecule has 0 spiro atoms. The molecule has 310 valence electrons. The first-order chi connectivity index (χ1) is 25.6. The van der Waals surface area contributed by atoms with Crippen molar-refractivity contribution in [3.05, 3.63) is 0 Å². The lowest BCUT2D eigenvalue weighted by Gasteiger charge is -2.27. The summed E-state index contributed by atoms with van der Waals surface area (Å²) in [4.78, 5) is 134. The Hall–Kier alpha value is -5.62. The van der Waals surface area contributed by atoms with Crippen LogP contribution < -0.4 is 31.9 Å². The zero-order valence-corrected chi connectivity index (χ0v) is 30.3. The van der Waals surface area contributed by atoms with Crippen molar-refractivity contribution in [2.75, 3.05) is 12.0 Å². The minimum atomic E-state index is -3.19. The molecule has 0 bridgehead atoms. The third-order valence-electron chi connectivity index (χ3n) is 7.18. The van der Waals surface area contributed by atoms with Crippen molar-refractivity contribution in [1.29, 1.82) is 0 Å². The van der Waals surface area contributed by atoms with Crippen LogP contribution in [-0.2, 0) is 52.7 Å². The van der Waals surface area contributed by atoms with Gasteiger partial charge in [-0.05, 0) is 37.7 Å². The van der Waals surface area contributed by atoms with Crippen molar-refractivity contribution in [3.63, 3.8) is 0 Å². The van der Waals surface area contributed by atoms with Crippen LogP contribution in [0.3, 0.4) is 0 Å². The van der Waals surface area contributed by atoms with Gasteiger partial charge in [0, 0.05) is 32.6 Å². The number of carbonyl (C=O) groups excluding carboxylic acids is 6. The number of hydrogen-bond acceptors (Lipinski definition) is 12. The van der Waals surface area contributed by atoms with Gasteiger partial charge in [0.15, 0.2) is 0 Å². The quantitative estimate of drug-likeness (QED) is 0.0388. The summed E-state index contributed by atoms with van der Waals surface area (Å²) in [6, 6.07) is -10.9. The summed E-state index contributed by atoms with van der Waals surface area (Å²) in [5, 5.41) is 58.4. The molecule has 0 saturated carbocycles. The molecule has 55 heavy (non-hydrogen) atoms. The van der Waals surface area contributed by atoms with Crippen LogP contribution >= 0.6 is 11.8 Å². The molecule has 0 saturated heterocycles. The minimum absolute atomic E-state index is 0.153. The third-order valence-corrected chi connectivity index (χ3v) is 7.83. The van der Waals surface area contributed by atoms with E-state index in [1.54, 1.807) is 11.6 Å². The molecule has 6 amide bonds. The average Bonchev–Trinajstić information content (AvgIpc) is 3.06. The van der Waals surface area contributed by atoms with E-state index in [-0.39, 0.29) is 12.2 Å². The number of carbonyl (C=O) groups is 11. The maximum atomic E-state index is 13.5. The summed E-state index contributed by atoms with van der Waals surface area (Å²) in [5.74, 6) is -14.6. The van der Waals surface area contributed by atoms with E-state index in [1.165, 1.54) is 11.8 Å². The highest BCUT2D eigenvalue weighted by atomic mass is 32.2. The molecule has 0 radical (unpaired) electrons. The lowest BCUT2D eigenvalue weighted by Crippen LogP contribution is -2.59. The Morgan fingerprint density at radius 2 is 0.818 bits per heavy atom. The van der Waals surface area contributed by atoms with Gasteiger partial charge in [-0.2, -0.15) is 11.8 Å². The molecule has 0 aliphatic carbocycles. The number of aliphatic carboxylic acids is 5. The van der Waals surface area contributed by atoms with Gasteiger partial charge in [0.2, 0.25) is 41.9 Å². The van der Waals surface area contributed by atoms with Crippen molar-refractivity contribution >= 4 is 77.1 Å². The van der Waals surface area contributed by atoms with Crippen LogP contribution in [0.2, 0.25) is 0 Å². The lowest BCUT2D eigenvalue weighted by molar-refractivity contribution is -0.144. The van der Waals surface area contributed by atoms with E-state index >= 15 is 0 Å². The van der Waals surface area contributed by atoms with Crippen LogP contribution in [0, 0.1) is 0 Å². The third kappa shape index (κ3) is 21.6. The molecule has 0 heterocycles. The highest BCUT2D eigenvalue weighted by Crippen LogP contribution is 2.10. The molecule has 6 atom stereocenters. The monoisotopic (exact) mass is 814 g/mol. The SMILES string of the molecule is CSCC[C@H](NC(=O)[C@H](CCC(=O)O)NC(=O)[C@H](CC(=O)O)NC(C)=O)C(=O)N[C@@H](CCC(=O)O)C(=O)N[C@@H](CCC(=O)O)C(=O)N[C@@H](CC(F)F)C(=O)O. The van der Waals surface area contributed by atoms with Crippen molar-refractivity contribution < 1.29 is 87.1 Å². The Morgan fingerprint density at radius 1 is 0.491 bits per heavy atom. The standard InChI is InChI=1S/C30H44F2N6O16S/c1-13(39)33-18(12-24(46)47)29(52)36-15(4-7-22(42)43)26(49)37-17(9-10-55-2)28(51)35-14(3-6-21(40)41)25(48)34-16(5-8-23(44)45)27(50)38-19(30(53)54)11-20(31)32/h14-20H,3-12H2,1-2H3,(H,33,39)(H,34,48)(H,35,51)(H,36,52)(H,37,49)(H,38,50)(H,40,41)(H,42,43)(H,44,45)(H,46,47)(H,53,54)/t14-,15-,16-,17-,18-,19-/m0/s1. The molecule has 0 aliphatic rings. The van der Waals surface area contributed by atoms with Crippen LogP contribution in [0.15, 0.2) is 0 Å². The number of halogens is 2. The van der Waals surface area contributed by atoms with Gasteiger partial charge in [0.05, 0.1) is 6.42 Å². The largest absolute Gasteiger partial charge is 0.481 e. The molecule has 0 aromatic heterocycles. The Kier molecular flexibility index (Phi) is 22.8. The van der Waals surface area contributed by atoms with Crippen molar-refractivity contribution in [2.45, 2.75) is 107 Å². The fourth-order valence-corrected chi connectivity index (χ4v) is 4.98. The lowest BCUT2D eigenvalue weighted by atomic mass is 10.1. The zero-order chi connectivity index (χ0) is 42.4. The summed E-state index contributed by atoms with van der Waals surface area (Å²) < 4.78 is 25.8. The summed E-state index contributed by atoms with van der Waals surface area (Å²) in [6.07, 6.45) is -8.31. The summed E-state index contributed by atoms with van der Waals surface area (Å²) in [5.41, 5.74) is 0. The molecular weight excluding hydrogens is 770 g/mol. The predicted octanol–water partition coefficient (Wildman–Crippen LogP) is -2.52. The molecule has 0 fully saturated rings. The van der Waals surface area contributed by atoms with Gasteiger partial charge in [-0.25, -0.2) is 13.6 Å². The van der Waals surface area contributed by atoms with Crippen LogP contribution in [0.5, 0.6) is 0 Å². The van der Waals surface area contributed by atoms with Gasteiger partial charge in [-0.3, -0.25) is 47.9 Å². The first-order valence-corrected chi connectivity index (χ1v) is 17.6. The second-order valence-corrected chi connectivity index (χ2v) is 12.7. The second kappa shape index (κ2) is 25.4. The zero-order valence-electron chi connectivity index (χ0n) is 29.5. The Bertz CT molecular complexity index is 1420. The number of thioether (sulfide) groups is 1. The minimum Gasteiger partial charge on any atom is -0.481 e. The van der Waals surface area contributed by atoms with E-state index in [1.807, 2.05) is 0 Å². The number of amides is 6. The van der Waals surface area contributed by atoms with E-state index in [9.17, 15) is 76.8 Å². The Balaban J connectivity index is 6.43. The normalized spacial score (nSPS) is 14.1. The number of nitrogens with one attached hydrogen (secondary N) is 6. The topological polar surface area (TPSA) is 361 Å². The van der Waals surface area contributed by atoms with Gasteiger partial charge >= 0.3 is 29.8 Å². The fraction of sp³-hybridized carbons (Fsp3) is 0.633. The highest BCUT2D eigenvalue weighted by molar-refractivity contribution is 7.98. The van der Waals surface area contributed by atoms with E-state index < -0.39 is 159 Å². The molecule has 25 heteroatoms. The van der Waals surface area contributed by atoms with E-state index in [4.69, 9.17) is 10.2 Å². The van der Waals surface area contributed by atoms with Gasteiger partial charge < -0.3 is 57.4 Å². The fourth-order valence-electron chi connectivity index (χ4n) is 4.50. The van der Waals surface area contributed by atoms with Crippen LogP contribution in [0.25, 0.3) is 0 Å². The van der Waals surface area contributed by atoms with Gasteiger partial charge in [0.25, 0.3) is 0 Å². The number of rotatable bonds is 28. The van der Waals surface area contributed by atoms with Crippen LogP contribution in [0.4, 0.5) is 8.78 Å². The molecule has 22 nitrogen and oxygen atoms in total. The van der Waals surface area contributed by atoms with Gasteiger partial charge in [0.1, 0.15) is 36.3 Å². The van der Waals surface area contributed by atoms with E-state index in [2.05, 4.69) is 26.6 Å². The molecule has 0 rings (SSSR count). The van der Waals surface area contributed by atoms with E-state index in [0.717, 1.165) is 6.92 Å². The Labute approximate surface area is 315 Å². The number of hydrogen-bond donors (Lipinski definition) is 11. The molecule has 11 N–H and O–H groups in total. The highest BCUT2D eigenvalue weighted by Gasteiger charge is 2.34. The van der Waals surface area contributed by atoms with Crippen molar-refractivity contribution in [3.8, 4) is 0 Å². The number of carboxylic acid groups (broad SMARTS) is 5. The van der Waals surface area contributed by atoms with Gasteiger partial charge in [-0.1, -0.05) is 0 Å². The summed E-state index contributed by atoms with van der Waals surface area (Å²) in [6.45, 7) is 0.979. The molecule has 0 aromatic rings. The Morgan fingerprint density at radius 3 is 1.09 bits per heavy atom. The first kappa shape index (κ1) is 49.4. The number of alkyl halides is 2. The van der Waals surface area contributed by atoms with Crippen LogP contribution in [0.1, 0.15) is 64.7 Å². The molecule has 0 aromatic carbocycles. The molecule has 0 aliphatic heterocycles. The maximum Gasteiger partial charge on any atom is 0.326 e. The number of carboxylic acids is 5. The molecule has 0 unspecified atom stereocenters. The summed E-state index contributed by atoms with van der Waals surface area (Å²) in [7, 11) is 0. The van der Waals surface area contributed by atoms with Crippen LogP contribution in [-0.4, -0.2) is 146 Å². The smallest absolute Gasteiger partial charge is 0.326 e. The predicted molar refractivity (Wildman–Crippen MR) is 181 cm³/mol. The first-order valence-electron chi connectivity index (χ1n) is 16.2. The second-order valence-electron chi connectivity index (χ2n) is 11.7. The van der Waals surface area contributed by atoms with E-state index in [0.29, 0.717) is 0 Å². The maximum absolute atomic E-state index is 13.5. The van der Waals surface area contributed by atoms with Crippen molar-refractivity contribution in [1.82, 2.24) is 31.9 Å². The van der Waals surface area contributed by atoms with Gasteiger partial charge in [-0.15, -0.1) is 0 Å². The average molecular weight is 815 g/mol.